The number of hydrogen-bond acceptors (Lipinski definition) is 5. The number of sulfone groups is 1. The first-order valence-electron chi connectivity index (χ1n) is 8.06. The van der Waals surface area contributed by atoms with Crippen LogP contribution >= 0.6 is 12.2 Å². The highest BCUT2D eigenvalue weighted by Gasteiger charge is 2.37. The predicted octanol–water partition coefficient (Wildman–Crippen LogP) is -1.80. The lowest BCUT2D eigenvalue weighted by Gasteiger charge is -2.36. The smallest absolute Gasteiger partial charge is 0.305 e. The number of esters is 1. The van der Waals surface area contributed by atoms with Crippen molar-refractivity contribution in [2.45, 2.75) is 25.3 Å². The number of ether oxygens (including phenoxy) is 1. The van der Waals surface area contributed by atoms with Crippen molar-refractivity contribution in [2.75, 3.05) is 51.3 Å². The summed E-state index contributed by atoms with van der Waals surface area (Å²) >= 11 is 5.38. The first-order chi connectivity index (χ1) is 10.9. The zero-order valence-electron chi connectivity index (χ0n) is 13.5. The van der Waals surface area contributed by atoms with E-state index in [1.165, 1.54) is 12.0 Å². The SMILES string of the molecule is COC(=O)CCCNC(=S)N1CC[NH+]([C@H]2CCS(=O)(=O)C2)CC1. The van der Waals surface area contributed by atoms with Crippen LogP contribution in [0.4, 0.5) is 0 Å². The van der Waals surface area contributed by atoms with E-state index in [9.17, 15) is 13.2 Å². The van der Waals surface area contributed by atoms with Crippen molar-refractivity contribution < 1.29 is 22.8 Å². The fourth-order valence-corrected chi connectivity index (χ4v) is 5.27. The largest absolute Gasteiger partial charge is 0.469 e. The summed E-state index contributed by atoms with van der Waals surface area (Å²) in [4.78, 5) is 14.5. The van der Waals surface area contributed by atoms with Gasteiger partial charge in [0.2, 0.25) is 0 Å². The van der Waals surface area contributed by atoms with E-state index in [0.29, 0.717) is 36.0 Å². The lowest BCUT2D eigenvalue weighted by Crippen LogP contribution is -3.18. The Labute approximate surface area is 143 Å². The summed E-state index contributed by atoms with van der Waals surface area (Å²) in [6.07, 6.45) is 1.87. The maximum absolute atomic E-state index is 11.6. The van der Waals surface area contributed by atoms with E-state index < -0.39 is 9.84 Å². The van der Waals surface area contributed by atoms with E-state index in [2.05, 4.69) is 15.0 Å². The first-order valence-corrected chi connectivity index (χ1v) is 10.3. The van der Waals surface area contributed by atoms with Crippen LogP contribution in [0.2, 0.25) is 0 Å². The van der Waals surface area contributed by atoms with Gasteiger partial charge in [0.05, 0.1) is 39.0 Å². The molecule has 2 aliphatic rings. The minimum atomic E-state index is -2.81. The van der Waals surface area contributed by atoms with Crippen LogP contribution in [0.1, 0.15) is 19.3 Å². The quantitative estimate of drug-likeness (QED) is 0.339. The second-order valence-electron chi connectivity index (χ2n) is 6.16. The molecule has 9 heteroatoms. The summed E-state index contributed by atoms with van der Waals surface area (Å²) < 4.78 is 27.8. The van der Waals surface area contributed by atoms with Gasteiger partial charge in [-0.3, -0.25) is 4.79 Å². The van der Waals surface area contributed by atoms with Gasteiger partial charge in [-0.05, 0) is 18.6 Å². The van der Waals surface area contributed by atoms with Gasteiger partial charge in [0.15, 0.2) is 14.9 Å². The molecule has 0 amide bonds. The molecule has 2 aliphatic heterocycles. The number of carbonyl (C=O) groups excluding carboxylic acids is 1. The van der Waals surface area contributed by atoms with Crippen molar-refractivity contribution in [3.05, 3.63) is 0 Å². The number of nitrogens with zero attached hydrogens (tertiary/aromatic N) is 1. The average Bonchev–Trinajstić information content (AvgIpc) is 2.91. The van der Waals surface area contributed by atoms with Gasteiger partial charge in [-0.25, -0.2) is 8.42 Å². The fourth-order valence-electron chi connectivity index (χ4n) is 3.16. The summed E-state index contributed by atoms with van der Waals surface area (Å²) in [5.41, 5.74) is 0. The number of quaternary nitrogens is 1. The minimum absolute atomic E-state index is 0.207. The van der Waals surface area contributed by atoms with E-state index in [1.54, 1.807) is 0 Å². The maximum Gasteiger partial charge on any atom is 0.305 e. The van der Waals surface area contributed by atoms with Crippen molar-refractivity contribution in [1.29, 1.82) is 0 Å². The van der Waals surface area contributed by atoms with E-state index in [4.69, 9.17) is 12.2 Å². The van der Waals surface area contributed by atoms with Crippen LogP contribution in [-0.2, 0) is 19.4 Å². The number of hydrogen-bond donors (Lipinski definition) is 2. The van der Waals surface area contributed by atoms with Crippen LogP contribution in [0.5, 0.6) is 0 Å². The van der Waals surface area contributed by atoms with Gasteiger partial charge < -0.3 is 19.9 Å². The van der Waals surface area contributed by atoms with Crippen LogP contribution in [0.3, 0.4) is 0 Å². The van der Waals surface area contributed by atoms with Crippen LogP contribution < -0.4 is 10.2 Å². The van der Waals surface area contributed by atoms with Crippen molar-refractivity contribution in [3.63, 3.8) is 0 Å². The van der Waals surface area contributed by atoms with Crippen molar-refractivity contribution in [3.8, 4) is 0 Å². The molecule has 0 bridgehead atoms. The molecule has 0 aliphatic carbocycles. The Hall–Kier alpha value is -0.930. The average molecular weight is 365 g/mol. The van der Waals surface area contributed by atoms with Crippen LogP contribution in [0.25, 0.3) is 0 Å². The highest BCUT2D eigenvalue weighted by atomic mass is 32.2. The van der Waals surface area contributed by atoms with Gasteiger partial charge in [0, 0.05) is 19.4 Å². The molecule has 7 nitrogen and oxygen atoms in total. The molecule has 23 heavy (non-hydrogen) atoms. The van der Waals surface area contributed by atoms with Gasteiger partial charge in [-0.15, -0.1) is 0 Å². The van der Waals surface area contributed by atoms with Crippen molar-refractivity contribution in [1.82, 2.24) is 10.2 Å². The molecule has 132 valence electrons. The zero-order chi connectivity index (χ0) is 16.9. The van der Waals surface area contributed by atoms with Crippen molar-refractivity contribution in [2.24, 2.45) is 0 Å². The lowest BCUT2D eigenvalue weighted by atomic mass is 10.2. The molecule has 2 rings (SSSR count). The molecule has 0 aromatic carbocycles. The monoisotopic (exact) mass is 364 g/mol. The predicted molar refractivity (Wildman–Crippen MR) is 91.2 cm³/mol. The van der Waals surface area contributed by atoms with E-state index in [-0.39, 0.29) is 12.0 Å². The maximum atomic E-state index is 11.6. The van der Waals surface area contributed by atoms with E-state index in [1.807, 2.05) is 0 Å². The van der Waals surface area contributed by atoms with Gasteiger partial charge in [0.1, 0.15) is 11.8 Å². The molecule has 2 fully saturated rings. The molecule has 0 spiro atoms. The molecule has 2 saturated heterocycles. The van der Waals surface area contributed by atoms with Gasteiger partial charge in [-0.2, -0.15) is 0 Å². The molecule has 0 unspecified atom stereocenters. The zero-order valence-corrected chi connectivity index (χ0v) is 15.2. The lowest BCUT2D eigenvalue weighted by molar-refractivity contribution is -0.925. The molecule has 0 saturated carbocycles. The Kier molecular flexibility index (Phi) is 6.60. The summed E-state index contributed by atoms with van der Waals surface area (Å²) in [5.74, 6) is 0.463. The number of carbonyl (C=O) groups is 1. The summed E-state index contributed by atoms with van der Waals surface area (Å²) in [5, 5.41) is 3.89. The molecule has 0 aromatic heterocycles. The summed E-state index contributed by atoms with van der Waals surface area (Å²) in [6, 6.07) is 0.253. The number of rotatable bonds is 5. The fraction of sp³-hybridized carbons (Fsp3) is 0.857. The minimum Gasteiger partial charge on any atom is -0.469 e. The highest BCUT2D eigenvalue weighted by Crippen LogP contribution is 2.09. The van der Waals surface area contributed by atoms with E-state index >= 15 is 0 Å². The standard InChI is InChI=1S/C14H25N3O4S2/c1-21-13(18)3-2-5-15-14(22)17-8-6-16(7-9-17)12-4-10-23(19,20)11-12/h12H,2-11H2,1H3,(H,15,22)/p+1/t12-/m0/s1. The third kappa shape index (κ3) is 5.58. The molecule has 0 aromatic rings. The first kappa shape index (κ1) is 18.4. The Morgan fingerprint density at radius 1 is 1.39 bits per heavy atom. The third-order valence-electron chi connectivity index (χ3n) is 4.56. The number of piperazine rings is 1. The molecule has 1 atom stereocenters. The van der Waals surface area contributed by atoms with Crippen LogP contribution in [-0.4, -0.2) is 81.8 Å². The molecule has 2 N–H and O–H groups in total. The molecular weight excluding hydrogens is 338 g/mol. The molecule has 2 heterocycles. The van der Waals surface area contributed by atoms with Gasteiger partial charge in [-0.1, -0.05) is 0 Å². The topological polar surface area (TPSA) is 80.2 Å². The Balaban J connectivity index is 1.66. The second-order valence-corrected chi connectivity index (χ2v) is 8.77. The number of thiocarbonyl (C=S) groups is 1. The summed E-state index contributed by atoms with van der Waals surface area (Å²) in [6.45, 7) is 4.18. The molecular formula is C14H26N3O4S2+. The van der Waals surface area contributed by atoms with Crippen molar-refractivity contribution >= 4 is 33.1 Å². The normalized spacial score (nSPS) is 24.4. The Morgan fingerprint density at radius 3 is 2.65 bits per heavy atom. The molecule has 0 radical (unpaired) electrons. The Bertz CT molecular complexity index is 530. The van der Waals surface area contributed by atoms with Gasteiger partial charge >= 0.3 is 5.97 Å². The van der Waals surface area contributed by atoms with Crippen LogP contribution in [0.15, 0.2) is 0 Å². The highest BCUT2D eigenvalue weighted by molar-refractivity contribution is 7.91. The number of methoxy groups -OCH3 is 1. The van der Waals surface area contributed by atoms with Crippen LogP contribution in [0, 0.1) is 0 Å². The van der Waals surface area contributed by atoms with E-state index in [0.717, 1.165) is 32.6 Å². The summed E-state index contributed by atoms with van der Waals surface area (Å²) in [7, 11) is -1.42. The van der Waals surface area contributed by atoms with Gasteiger partial charge in [0.25, 0.3) is 0 Å². The second kappa shape index (κ2) is 8.25. The Morgan fingerprint density at radius 2 is 2.09 bits per heavy atom. The number of nitrogens with one attached hydrogen (secondary N) is 2. The third-order valence-corrected chi connectivity index (χ3v) is 6.73.